The Labute approximate surface area is 132 Å². The van der Waals surface area contributed by atoms with Crippen LogP contribution in [0, 0.1) is 0 Å². The lowest BCUT2D eigenvalue weighted by Gasteiger charge is -2.34. The van der Waals surface area contributed by atoms with Gasteiger partial charge in [-0.25, -0.2) is 4.79 Å². The highest BCUT2D eigenvalue weighted by Gasteiger charge is 2.19. The van der Waals surface area contributed by atoms with E-state index in [1.807, 2.05) is 35.2 Å². The van der Waals surface area contributed by atoms with Crippen LogP contribution in [-0.4, -0.2) is 68.3 Å². The summed E-state index contributed by atoms with van der Waals surface area (Å²) in [5, 5.41) is 2.95. The second-order valence-corrected chi connectivity index (χ2v) is 5.36. The number of nitrogens with two attached hydrogens (primary N) is 1. The molecule has 0 atom stereocenters. The molecule has 1 aromatic rings. The summed E-state index contributed by atoms with van der Waals surface area (Å²) in [5.74, 6) is 0.866. The Morgan fingerprint density at radius 3 is 2.59 bits per heavy atom. The molecule has 22 heavy (non-hydrogen) atoms. The molecular formula is C16H26N4O2. The average molecular weight is 306 g/mol. The highest BCUT2D eigenvalue weighted by atomic mass is 16.5. The summed E-state index contributed by atoms with van der Waals surface area (Å²) in [6.07, 6.45) is 0.799. The van der Waals surface area contributed by atoms with E-state index in [-0.39, 0.29) is 6.03 Å². The third kappa shape index (κ3) is 5.54. The standard InChI is InChI=1S/C16H26N4O2/c17-7-9-19-10-12-20(13-11-19)16(21)18-8-4-14-22-15-5-2-1-3-6-15/h1-3,5-6H,4,7-14,17H2,(H,18,21). The first-order valence-electron chi connectivity index (χ1n) is 7.92. The lowest BCUT2D eigenvalue weighted by atomic mass is 10.3. The van der Waals surface area contributed by atoms with Crippen LogP contribution in [0.3, 0.4) is 0 Å². The van der Waals surface area contributed by atoms with Crippen LogP contribution in [0.15, 0.2) is 30.3 Å². The number of para-hydroxylation sites is 1. The van der Waals surface area contributed by atoms with E-state index in [2.05, 4.69) is 10.2 Å². The number of nitrogens with one attached hydrogen (secondary N) is 1. The van der Waals surface area contributed by atoms with Crippen LogP contribution in [0.1, 0.15) is 6.42 Å². The van der Waals surface area contributed by atoms with Gasteiger partial charge in [-0.05, 0) is 18.6 Å². The number of ether oxygens (including phenoxy) is 1. The third-order valence-electron chi connectivity index (χ3n) is 3.71. The van der Waals surface area contributed by atoms with Gasteiger partial charge >= 0.3 is 6.03 Å². The van der Waals surface area contributed by atoms with Crippen molar-refractivity contribution < 1.29 is 9.53 Å². The molecule has 1 heterocycles. The molecule has 1 aliphatic heterocycles. The predicted molar refractivity (Wildman–Crippen MR) is 87.0 cm³/mol. The Hall–Kier alpha value is -1.79. The molecule has 1 saturated heterocycles. The summed E-state index contributed by atoms with van der Waals surface area (Å²) in [6, 6.07) is 9.73. The summed E-state index contributed by atoms with van der Waals surface area (Å²) >= 11 is 0. The zero-order chi connectivity index (χ0) is 15.6. The van der Waals surface area contributed by atoms with Gasteiger partial charge in [-0.2, -0.15) is 0 Å². The number of hydrogen-bond acceptors (Lipinski definition) is 4. The van der Waals surface area contributed by atoms with E-state index in [9.17, 15) is 4.79 Å². The molecule has 0 saturated carbocycles. The summed E-state index contributed by atoms with van der Waals surface area (Å²) < 4.78 is 5.59. The van der Waals surface area contributed by atoms with E-state index in [1.165, 1.54) is 0 Å². The SMILES string of the molecule is NCCN1CCN(C(=O)NCCCOc2ccccc2)CC1. The molecule has 2 amide bonds. The Bertz CT molecular complexity index is 433. The van der Waals surface area contributed by atoms with Gasteiger partial charge < -0.3 is 20.7 Å². The highest BCUT2D eigenvalue weighted by molar-refractivity contribution is 5.74. The molecular weight excluding hydrogens is 280 g/mol. The Kier molecular flexibility index (Phi) is 6.99. The lowest BCUT2D eigenvalue weighted by Crippen LogP contribution is -2.52. The molecule has 1 aliphatic rings. The fraction of sp³-hybridized carbons (Fsp3) is 0.562. The molecule has 0 unspecified atom stereocenters. The molecule has 6 nitrogen and oxygen atoms in total. The van der Waals surface area contributed by atoms with Crippen LogP contribution < -0.4 is 15.8 Å². The first kappa shape index (κ1) is 16.6. The highest BCUT2D eigenvalue weighted by Crippen LogP contribution is 2.08. The van der Waals surface area contributed by atoms with Crippen molar-refractivity contribution in [3.8, 4) is 5.75 Å². The molecule has 0 aliphatic carbocycles. The van der Waals surface area contributed by atoms with Crippen molar-refractivity contribution >= 4 is 6.03 Å². The van der Waals surface area contributed by atoms with Gasteiger partial charge in [-0.15, -0.1) is 0 Å². The zero-order valence-corrected chi connectivity index (χ0v) is 13.0. The van der Waals surface area contributed by atoms with Gasteiger partial charge in [0.05, 0.1) is 6.61 Å². The molecule has 1 fully saturated rings. The minimum atomic E-state index is 0.0205. The van der Waals surface area contributed by atoms with Crippen molar-refractivity contribution in [1.82, 2.24) is 15.1 Å². The number of rotatable bonds is 7. The third-order valence-corrected chi connectivity index (χ3v) is 3.71. The number of carbonyl (C=O) groups is 1. The van der Waals surface area contributed by atoms with E-state index in [1.54, 1.807) is 0 Å². The maximum absolute atomic E-state index is 12.0. The molecule has 2 rings (SSSR count). The zero-order valence-electron chi connectivity index (χ0n) is 13.0. The van der Waals surface area contributed by atoms with Crippen molar-refractivity contribution in [1.29, 1.82) is 0 Å². The smallest absolute Gasteiger partial charge is 0.317 e. The lowest BCUT2D eigenvalue weighted by molar-refractivity contribution is 0.141. The van der Waals surface area contributed by atoms with Crippen LogP contribution in [0.5, 0.6) is 5.75 Å². The van der Waals surface area contributed by atoms with E-state index in [0.717, 1.165) is 44.9 Å². The second kappa shape index (κ2) is 9.27. The molecule has 0 spiro atoms. The summed E-state index contributed by atoms with van der Waals surface area (Å²) in [6.45, 7) is 6.17. The molecule has 0 radical (unpaired) electrons. The van der Waals surface area contributed by atoms with Crippen molar-refractivity contribution in [2.45, 2.75) is 6.42 Å². The Balaban J connectivity index is 1.54. The summed E-state index contributed by atoms with van der Waals surface area (Å²) in [5.41, 5.74) is 5.54. The molecule has 6 heteroatoms. The largest absolute Gasteiger partial charge is 0.494 e. The number of urea groups is 1. The number of carbonyl (C=O) groups excluding carboxylic acids is 1. The van der Waals surface area contributed by atoms with Gasteiger partial charge in [-0.3, -0.25) is 4.90 Å². The monoisotopic (exact) mass is 306 g/mol. The van der Waals surface area contributed by atoms with E-state index < -0.39 is 0 Å². The van der Waals surface area contributed by atoms with E-state index in [0.29, 0.717) is 19.7 Å². The van der Waals surface area contributed by atoms with Gasteiger partial charge in [0.1, 0.15) is 5.75 Å². The number of nitrogens with zero attached hydrogens (tertiary/aromatic N) is 2. The van der Waals surface area contributed by atoms with Crippen molar-refractivity contribution in [2.75, 3.05) is 52.4 Å². The van der Waals surface area contributed by atoms with Crippen molar-refractivity contribution in [2.24, 2.45) is 5.73 Å². The molecule has 0 aromatic heterocycles. The van der Waals surface area contributed by atoms with Crippen LogP contribution in [0.25, 0.3) is 0 Å². The maximum atomic E-state index is 12.0. The van der Waals surface area contributed by atoms with Crippen molar-refractivity contribution in [3.63, 3.8) is 0 Å². The molecule has 122 valence electrons. The number of benzene rings is 1. The number of piperazine rings is 1. The summed E-state index contributed by atoms with van der Waals surface area (Å²) in [4.78, 5) is 16.2. The topological polar surface area (TPSA) is 70.8 Å². The Morgan fingerprint density at radius 2 is 1.91 bits per heavy atom. The molecule has 0 bridgehead atoms. The van der Waals surface area contributed by atoms with Crippen molar-refractivity contribution in [3.05, 3.63) is 30.3 Å². The minimum Gasteiger partial charge on any atom is -0.494 e. The number of amides is 2. The first-order valence-corrected chi connectivity index (χ1v) is 7.92. The van der Waals surface area contributed by atoms with E-state index >= 15 is 0 Å². The van der Waals surface area contributed by atoms with Gasteiger partial charge in [0.25, 0.3) is 0 Å². The number of hydrogen-bond donors (Lipinski definition) is 2. The Morgan fingerprint density at radius 1 is 1.18 bits per heavy atom. The fourth-order valence-corrected chi connectivity index (χ4v) is 2.44. The van der Waals surface area contributed by atoms with Crippen LogP contribution in [0.4, 0.5) is 4.79 Å². The summed E-state index contributed by atoms with van der Waals surface area (Å²) in [7, 11) is 0. The maximum Gasteiger partial charge on any atom is 0.317 e. The van der Waals surface area contributed by atoms with E-state index in [4.69, 9.17) is 10.5 Å². The van der Waals surface area contributed by atoms with Gasteiger partial charge in [0, 0.05) is 45.8 Å². The normalized spacial score (nSPS) is 15.6. The van der Waals surface area contributed by atoms with Gasteiger partial charge in [0.15, 0.2) is 0 Å². The quantitative estimate of drug-likeness (QED) is 0.729. The van der Waals surface area contributed by atoms with Gasteiger partial charge in [0.2, 0.25) is 0 Å². The predicted octanol–water partition coefficient (Wildman–Crippen LogP) is 0.741. The first-order chi connectivity index (χ1) is 10.8. The van der Waals surface area contributed by atoms with Crippen LogP contribution in [0.2, 0.25) is 0 Å². The average Bonchev–Trinajstić information content (AvgIpc) is 2.56. The fourth-order valence-electron chi connectivity index (χ4n) is 2.44. The van der Waals surface area contributed by atoms with Crippen LogP contribution >= 0.6 is 0 Å². The molecule has 1 aromatic carbocycles. The second-order valence-electron chi connectivity index (χ2n) is 5.36. The van der Waals surface area contributed by atoms with Crippen LogP contribution in [-0.2, 0) is 0 Å². The minimum absolute atomic E-state index is 0.0205. The van der Waals surface area contributed by atoms with Gasteiger partial charge in [-0.1, -0.05) is 18.2 Å². The molecule has 3 N–H and O–H groups in total.